The van der Waals surface area contributed by atoms with Crippen molar-refractivity contribution < 1.29 is 0 Å². The first-order chi connectivity index (χ1) is 7.18. The maximum absolute atomic E-state index is 11.4. The van der Waals surface area contributed by atoms with Crippen LogP contribution in [0.5, 0.6) is 0 Å². The molecule has 0 aliphatic carbocycles. The number of hydrogen-bond acceptors (Lipinski definition) is 3. The highest BCUT2D eigenvalue weighted by Gasteiger charge is 2.20. The molecule has 0 bridgehead atoms. The highest BCUT2D eigenvalue weighted by Crippen LogP contribution is 2.23. The van der Waals surface area contributed by atoms with E-state index in [1.54, 1.807) is 0 Å². The van der Waals surface area contributed by atoms with E-state index in [2.05, 4.69) is 53.4 Å². The van der Waals surface area contributed by atoms with Crippen molar-refractivity contribution in [3.8, 4) is 0 Å². The van der Waals surface area contributed by atoms with Crippen LogP contribution in [0, 0.1) is 3.57 Å². The molecule has 82 valence electrons. The van der Waals surface area contributed by atoms with Gasteiger partial charge in [0, 0.05) is 17.9 Å². The van der Waals surface area contributed by atoms with E-state index in [0.717, 1.165) is 31.7 Å². The summed E-state index contributed by atoms with van der Waals surface area (Å²) in [7, 11) is 0. The van der Waals surface area contributed by atoms with E-state index < -0.39 is 0 Å². The topological polar surface area (TPSA) is 49.0 Å². The highest BCUT2D eigenvalue weighted by molar-refractivity contribution is 14.1. The largest absolute Gasteiger partial charge is 0.355 e. The number of aromatic amines is 1. The van der Waals surface area contributed by atoms with Gasteiger partial charge in [0.25, 0.3) is 5.56 Å². The van der Waals surface area contributed by atoms with Gasteiger partial charge in [0.05, 0.1) is 6.33 Å². The summed E-state index contributed by atoms with van der Waals surface area (Å²) in [6, 6.07) is 0. The summed E-state index contributed by atoms with van der Waals surface area (Å²) in [5.74, 6) is 0.818. The smallest absolute Gasteiger partial charge is 0.266 e. The molecule has 1 aromatic rings. The Morgan fingerprint density at radius 2 is 2.20 bits per heavy atom. The number of piperidine rings is 1. The molecule has 0 saturated carbocycles. The number of nitrogens with zero attached hydrogens (tertiary/aromatic N) is 2. The van der Waals surface area contributed by atoms with Crippen LogP contribution in [0.1, 0.15) is 12.8 Å². The van der Waals surface area contributed by atoms with E-state index in [1.807, 2.05) is 0 Å². The molecule has 0 radical (unpaired) electrons. The monoisotopic (exact) mass is 383 g/mol. The van der Waals surface area contributed by atoms with E-state index >= 15 is 0 Å². The standard InChI is InChI=1S/C9H11BrIN3O/c10-6-1-3-14(4-2-6)8-7(11)9(15)13-5-12-8/h5-6H,1-4H2,(H,12,13,15). The second kappa shape index (κ2) is 4.82. The molecule has 0 amide bonds. The van der Waals surface area contributed by atoms with Crippen LogP contribution in [0.3, 0.4) is 0 Å². The minimum absolute atomic E-state index is 0.0541. The minimum atomic E-state index is -0.0541. The summed E-state index contributed by atoms with van der Waals surface area (Å²) in [5, 5.41) is 0. The summed E-state index contributed by atoms with van der Waals surface area (Å²) in [6.07, 6.45) is 3.68. The molecule has 2 rings (SSSR count). The zero-order valence-corrected chi connectivity index (χ0v) is 11.8. The summed E-state index contributed by atoms with van der Waals surface area (Å²) in [4.78, 5) is 21.0. The fourth-order valence-electron chi connectivity index (χ4n) is 1.65. The van der Waals surface area contributed by atoms with Crippen molar-refractivity contribution in [1.82, 2.24) is 9.97 Å². The fourth-order valence-corrected chi connectivity index (χ4v) is 2.70. The van der Waals surface area contributed by atoms with Gasteiger partial charge >= 0.3 is 0 Å². The second-order valence-electron chi connectivity index (χ2n) is 3.53. The Kier molecular flexibility index (Phi) is 3.65. The molecule has 1 N–H and O–H groups in total. The lowest BCUT2D eigenvalue weighted by molar-refractivity contribution is 0.590. The lowest BCUT2D eigenvalue weighted by Gasteiger charge is -2.30. The van der Waals surface area contributed by atoms with Crippen LogP contribution in [-0.4, -0.2) is 27.9 Å². The number of nitrogens with one attached hydrogen (secondary N) is 1. The van der Waals surface area contributed by atoms with E-state index in [9.17, 15) is 4.79 Å². The first-order valence-electron chi connectivity index (χ1n) is 4.80. The molecule has 1 aliphatic rings. The maximum atomic E-state index is 11.4. The van der Waals surface area contributed by atoms with Gasteiger partial charge in [0.1, 0.15) is 9.39 Å². The van der Waals surface area contributed by atoms with Crippen molar-refractivity contribution >= 4 is 44.3 Å². The second-order valence-corrected chi connectivity index (χ2v) is 5.90. The average molecular weight is 384 g/mol. The third-order valence-corrected chi connectivity index (χ3v) is 4.39. The van der Waals surface area contributed by atoms with Gasteiger partial charge in [-0.15, -0.1) is 0 Å². The Bertz CT molecular complexity index is 401. The predicted molar refractivity (Wildman–Crippen MR) is 71.7 cm³/mol. The lowest BCUT2D eigenvalue weighted by Crippen LogP contribution is -2.36. The summed E-state index contributed by atoms with van der Waals surface area (Å²) < 4.78 is 0.683. The predicted octanol–water partition coefficient (Wildman–Crippen LogP) is 1.74. The number of halogens is 2. The summed E-state index contributed by atoms with van der Waals surface area (Å²) in [5.41, 5.74) is -0.0541. The zero-order valence-electron chi connectivity index (χ0n) is 8.04. The molecule has 1 saturated heterocycles. The fraction of sp³-hybridized carbons (Fsp3) is 0.556. The Morgan fingerprint density at radius 1 is 1.53 bits per heavy atom. The van der Waals surface area contributed by atoms with Crippen LogP contribution >= 0.6 is 38.5 Å². The van der Waals surface area contributed by atoms with Crippen molar-refractivity contribution in [2.24, 2.45) is 0 Å². The van der Waals surface area contributed by atoms with Crippen LogP contribution < -0.4 is 10.5 Å². The number of hydrogen-bond donors (Lipinski definition) is 1. The van der Waals surface area contributed by atoms with Crippen LogP contribution in [0.4, 0.5) is 5.82 Å². The first-order valence-corrected chi connectivity index (χ1v) is 6.80. The summed E-state index contributed by atoms with van der Waals surface area (Å²) in [6.45, 7) is 1.92. The minimum Gasteiger partial charge on any atom is -0.355 e. The normalized spacial score (nSPS) is 18.1. The molecule has 15 heavy (non-hydrogen) atoms. The number of alkyl halides is 1. The molecule has 0 aromatic carbocycles. The molecule has 1 aromatic heterocycles. The first kappa shape index (κ1) is 11.4. The molecular weight excluding hydrogens is 373 g/mol. The van der Waals surface area contributed by atoms with Crippen LogP contribution in [0.25, 0.3) is 0 Å². The molecule has 0 spiro atoms. The van der Waals surface area contributed by atoms with Gasteiger partial charge in [0.2, 0.25) is 0 Å². The Balaban J connectivity index is 2.23. The molecule has 0 atom stereocenters. The molecule has 1 fully saturated rings. The SMILES string of the molecule is O=c1[nH]cnc(N2CCC(Br)CC2)c1I. The average Bonchev–Trinajstić information content (AvgIpc) is 2.24. The van der Waals surface area contributed by atoms with Crippen molar-refractivity contribution in [2.75, 3.05) is 18.0 Å². The molecule has 6 heteroatoms. The molecular formula is C9H11BrIN3O. The van der Waals surface area contributed by atoms with E-state index in [-0.39, 0.29) is 5.56 Å². The summed E-state index contributed by atoms with van der Waals surface area (Å²) >= 11 is 5.66. The van der Waals surface area contributed by atoms with Crippen molar-refractivity contribution in [2.45, 2.75) is 17.7 Å². The third-order valence-electron chi connectivity index (χ3n) is 2.50. The van der Waals surface area contributed by atoms with Crippen LogP contribution in [-0.2, 0) is 0 Å². The van der Waals surface area contributed by atoms with Crippen LogP contribution in [0.2, 0.25) is 0 Å². The number of rotatable bonds is 1. The quantitative estimate of drug-likeness (QED) is 0.593. The number of aromatic nitrogens is 2. The molecule has 2 heterocycles. The Morgan fingerprint density at radius 3 is 2.87 bits per heavy atom. The van der Waals surface area contributed by atoms with Crippen LogP contribution in [0.15, 0.2) is 11.1 Å². The number of H-pyrrole nitrogens is 1. The molecule has 1 aliphatic heterocycles. The van der Waals surface area contributed by atoms with E-state index in [4.69, 9.17) is 0 Å². The Labute approximate surface area is 110 Å². The lowest BCUT2D eigenvalue weighted by atomic mass is 10.1. The van der Waals surface area contributed by atoms with Crippen molar-refractivity contribution in [3.63, 3.8) is 0 Å². The number of anilines is 1. The Hall–Kier alpha value is -0.110. The highest BCUT2D eigenvalue weighted by atomic mass is 127. The van der Waals surface area contributed by atoms with E-state index in [1.165, 1.54) is 6.33 Å². The van der Waals surface area contributed by atoms with Crippen molar-refractivity contribution in [1.29, 1.82) is 0 Å². The zero-order chi connectivity index (χ0) is 10.8. The van der Waals surface area contributed by atoms with Gasteiger partial charge in [-0.2, -0.15) is 0 Å². The van der Waals surface area contributed by atoms with Gasteiger partial charge in [0.15, 0.2) is 0 Å². The molecule has 0 unspecified atom stereocenters. The van der Waals surface area contributed by atoms with Gasteiger partial charge in [-0.05, 0) is 35.4 Å². The maximum Gasteiger partial charge on any atom is 0.266 e. The molecule has 4 nitrogen and oxygen atoms in total. The van der Waals surface area contributed by atoms with Gasteiger partial charge in [-0.3, -0.25) is 4.79 Å². The van der Waals surface area contributed by atoms with Gasteiger partial charge in [-0.25, -0.2) is 4.98 Å². The van der Waals surface area contributed by atoms with Gasteiger partial charge in [-0.1, -0.05) is 15.9 Å². The van der Waals surface area contributed by atoms with Crippen molar-refractivity contribution in [3.05, 3.63) is 20.3 Å². The third kappa shape index (κ3) is 2.52. The van der Waals surface area contributed by atoms with E-state index in [0.29, 0.717) is 8.40 Å². The van der Waals surface area contributed by atoms with Gasteiger partial charge < -0.3 is 9.88 Å².